The van der Waals surface area contributed by atoms with E-state index in [1.165, 1.54) is 42.8 Å². The van der Waals surface area contributed by atoms with Crippen molar-refractivity contribution in [3.63, 3.8) is 0 Å². The number of nitrogens with one attached hydrogen (secondary N) is 1. The fourth-order valence-electron chi connectivity index (χ4n) is 3.13. The average molecular weight is 265 g/mol. The topological polar surface area (TPSA) is 28.2 Å². The molecular formula is C14H23N3S. The summed E-state index contributed by atoms with van der Waals surface area (Å²) in [5.41, 5.74) is 1.29. The van der Waals surface area contributed by atoms with E-state index >= 15 is 0 Å². The molecule has 0 spiro atoms. The quantitative estimate of drug-likeness (QED) is 0.891. The number of thiazole rings is 1. The number of aromatic nitrogens is 1. The lowest BCUT2D eigenvalue weighted by Crippen LogP contribution is -2.43. The van der Waals surface area contributed by atoms with Gasteiger partial charge in [0.1, 0.15) is 0 Å². The molecule has 1 saturated heterocycles. The highest BCUT2D eigenvalue weighted by atomic mass is 32.1. The largest absolute Gasteiger partial charge is 0.313 e. The third kappa shape index (κ3) is 2.60. The summed E-state index contributed by atoms with van der Waals surface area (Å²) in [6, 6.07) is 0.479. The van der Waals surface area contributed by atoms with Gasteiger partial charge in [0.25, 0.3) is 0 Å². The van der Waals surface area contributed by atoms with Gasteiger partial charge in [-0.3, -0.25) is 4.90 Å². The van der Waals surface area contributed by atoms with Gasteiger partial charge < -0.3 is 5.32 Å². The lowest BCUT2D eigenvalue weighted by molar-refractivity contribution is 0.199. The van der Waals surface area contributed by atoms with Crippen LogP contribution in [0.3, 0.4) is 0 Å². The molecule has 3 rings (SSSR count). The summed E-state index contributed by atoms with van der Waals surface area (Å²) in [4.78, 5) is 7.37. The second-order valence-electron chi connectivity index (χ2n) is 5.65. The first kappa shape index (κ1) is 12.6. The van der Waals surface area contributed by atoms with E-state index in [2.05, 4.69) is 22.6 Å². The molecule has 0 amide bonds. The first-order valence-electron chi connectivity index (χ1n) is 7.21. The molecule has 1 aliphatic heterocycles. The lowest BCUT2D eigenvalue weighted by Gasteiger charge is -2.31. The zero-order chi connectivity index (χ0) is 12.4. The molecule has 1 N–H and O–H groups in total. The van der Waals surface area contributed by atoms with E-state index in [1.807, 2.05) is 11.3 Å². The van der Waals surface area contributed by atoms with Crippen molar-refractivity contribution in [2.45, 2.75) is 44.1 Å². The number of likely N-dealkylation sites (N-methyl/N-ethyl adjacent to an activating group) is 1. The molecule has 1 saturated carbocycles. The van der Waals surface area contributed by atoms with Gasteiger partial charge in [-0.15, -0.1) is 11.3 Å². The van der Waals surface area contributed by atoms with Crippen molar-refractivity contribution in [2.75, 3.05) is 26.7 Å². The van der Waals surface area contributed by atoms with Gasteiger partial charge in [-0.2, -0.15) is 0 Å². The smallest absolute Gasteiger partial charge is 0.0959 e. The van der Waals surface area contributed by atoms with Crippen LogP contribution in [0.25, 0.3) is 0 Å². The molecule has 100 valence electrons. The Morgan fingerprint density at radius 1 is 1.33 bits per heavy atom. The summed E-state index contributed by atoms with van der Waals surface area (Å²) in [5, 5.41) is 7.16. The molecule has 2 heterocycles. The summed E-state index contributed by atoms with van der Waals surface area (Å²) < 4.78 is 0. The molecule has 0 aromatic carbocycles. The molecule has 3 nitrogen and oxygen atoms in total. The van der Waals surface area contributed by atoms with Crippen LogP contribution in [0.4, 0.5) is 0 Å². The Kier molecular flexibility index (Phi) is 3.97. The van der Waals surface area contributed by atoms with Gasteiger partial charge in [0.2, 0.25) is 0 Å². The zero-order valence-electron chi connectivity index (χ0n) is 11.2. The van der Waals surface area contributed by atoms with E-state index in [0.29, 0.717) is 6.04 Å². The van der Waals surface area contributed by atoms with Crippen LogP contribution in [0.1, 0.15) is 54.8 Å². The van der Waals surface area contributed by atoms with Crippen LogP contribution < -0.4 is 5.32 Å². The summed E-state index contributed by atoms with van der Waals surface area (Å²) in [6.45, 7) is 3.28. The Balaban J connectivity index is 1.71. The molecule has 4 heteroatoms. The Labute approximate surface area is 114 Å². The summed E-state index contributed by atoms with van der Waals surface area (Å²) in [7, 11) is 2.21. The van der Waals surface area contributed by atoms with Crippen molar-refractivity contribution in [2.24, 2.45) is 0 Å². The highest BCUT2D eigenvalue weighted by molar-refractivity contribution is 7.09. The van der Waals surface area contributed by atoms with Gasteiger partial charge in [0, 0.05) is 30.9 Å². The molecule has 1 atom stereocenters. The predicted molar refractivity (Wildman–Crippen MR) is 76.2 cm³/mol. The van der Waals surface area contributed by atoms with Crippen molar-refractivity contribution in [1.82, 2.24) is 15.2 Å². The second-order valence-corrected chi connectivity index (χ2v) is 6.54. The van der Waals surface area contributed by atoms with E-state index in [0.717, 1.165) is 25.6 Å². The summed E-state index contributed by atoms with van der Waals surface area (Å²) in [6.07, 6.45) is 6.91. The molecular weight excluding hydrogens is 242 g/mol. The maximum Gasteiger partial charge on any atom is 0.0959 e. The minimum atomic E-state index is 0.479. The summed E-state index contributed by atoms with van der Waals surface area (Å²) in [5.74, 6) is 0.749. The molecule has 0 radical (unpaired) electrons. The SMILES string of the molecule is CN1CCNCC1c1csc(C2CCCCC2)n1. The minimum absolute atomic E-state index is 0.479. The summed E-state index contributed by atoms with van der Waals surface area (Å²) >= 11 is 1.89. The van der Waals surface area contributed by atoms with Crippen molar-refractivity contribution >= 4 is 11.3 Å². The van der Waals surface area contributed by atoms with Gasteiger partial charge >= 0.3 is 0 Å². The lowest BCUT2D eigenvalue weighted by atomic mass is 9.90. The molecule has 1 unspecified atom stereocenters. The Morgan fingerprint density at radius 2 is 2.17 bits per heavy atom. The Morgan fingerprint density at radius 3 is 2.94 bits per heavy atom. The Bertz CT molecular complexity index is 384. The van der Waals surface area contributed by atoms with Crippen LogP contribution in [0.2, 0.25) is 0 Å². The van der Waals surface area contributed by atoms with Crippen molar-refractivity contribution in [3.8, 4) is 0 Å². The third-order valence-corrected chi connectivity index (χ3v) is 5.37. The van der Waals surface area contributed by atoms with Crippen LogP contribution in [-0.2, 0) is 0 Å². The molecule has 1 aromatic heterocycles. The first-order chi connectivity index (χ1) is 8.84. The normalized spacial score (nSPS) is 27.5. The molecule has 0 bridgehead atoms. The molecule has 1 aromatic rings. The van der Waals surface area contributed by atoms with Crippen molar-refractivity contribution < 1.29 is 0 Å². The van der Waals surface area contributed by atoms with Crippen LogP contribution >= 0.6 is 11.3 Å². The molecule has 2 aliphatic rings. The number of hydrogen-bond acceptors (Lipinski definition) is 4. The van der Waals surface area contributed by atoms with E-state index in [4.69, 9.17) is 4.98 Å². The van der Waals surface area contributed by atoms with Crippen LogP contribution in [0.15, 0.2) is 5.38 Å². The monoisotopic (exact) mass is 265 g/mol. The van der Waals surface area contributed by atoms with Gasteiger partial charge in [0.05, 0.1) is 16.7 Å². The van der Waals surface area contributed by atoms with Crippen LogP contribution in [0, 0.1) is 0 Å². The minimum Gasteiger partial charge on any atom is -0.313 e. The van der Waals surface area contributed by atoms with E-state index < -0.39 is 0 Å². The molecule has 2 fully saturated rings. The van der Waals surface area contributed by atoms with Gasteiger partial charge in [-0.1, -0.05) is 19.3 Å². The second kappa shape index (κ2) is 5.68. The van der Waals surface area contributed by atoms with Gasteiger partial charge in [0.15, 0.2) is 0 Å². The highest BCUT2D eigenvalue weighted by Crippen LogP contribution is 2.35. The van der Waals surface area contributed by atoms with Crippen molar-refractivity contribution in [1.29, 1.82) is 0 Å². The maximum atomic E-state index is 4.94. The Hall–Kier alpha value is -0.450. The van der Waals surface area contributed by atoms with Gasteiger partial charge in [-0.05, 0) is 19.9 Å². The van der Waals surface area contributed by atoms with E-state index in [1.54, 1.807) is 0 Å². The molecule has 1 aliphatic carbocycles. The van der Waals surface area contributed by atoms with E-state index in [9.17, 15) is 0 Å². The number of piperazine rings is 1. The van der Waals surface area contributed by atoms with E-state index in [-0.39, 0.29) is 0 Å². The predicted octanol–water partition coefficient (Wildman–Crippen LogP) is 2.77. The fraction of sp³-hybridized carbons (Fsp3) is 0.786. The average Bonchev–Trinajstić information content (AvgIpc) is 2.90. The van der Waals surface area contributed by atoms with Crippen LogP contribution in [-0.4, -0.2) is 36.6 Å². The number of rotatable bonds is 2. The molecule has 18 heavy (non-hydrogen) atoms. The van der Waals surface area contributed by atoms with Gasteiger partial charge in [-0.25, -0.2) is 4.98 Å². The third-order valence-electron chi connectivity index (χ3n) is 4.35. The van der Waals surface area contributed by atoms with Crippen molar-refractivity contribution in [3.05, 3.63) is 16.1 Å². The first-order valence-corrected chi connectivity index (χ1v) is 8.09. The zero-order valence-corrected chi connectivity index (χ0v) is 12.0. The maximum absolute atomic E-state index is 4.94. The number of nitrogens with zero attached hydrogens (tertiary/aromatic N) is 2. The fourth-order valence-corrected chi connectivity index (χ4v) is 4.16. The standard InChI is InChI=1S/C14H23N3S/c1-17-8-7-15-9-13(17)12-10-18-14(16-12)11-5-3-2-4-6-11/h10-11,13,15H,2-9H2,1H3. The highest BCUT2D eigenvalue weighted by Gasteiger charge is 2.25. The van der Waals surface area contributed by atoms with Crippen LogP contribution in [0.5, 0.6) is 0 Å². The number of hydrogen-bond donors (Lipinski definition) is 1.